The van der Waals surface area contributed by atoms with Crippen LogP contribution in [0.2, 0.25) is 0 Å². The Hall–Kier alpha value is -3.44. The lowest BCUT2D eigenvalue weighted by molar-refractivity contribution is -0.121. The first-order valence-electron chi connectivity index (χ1n) is 12.5. The molecule has 0 heterocycles. The zero-order chi connectivity index (χ0) is 28.2. The molecule has 0 fully saturated rings. The van der Waals surface area contributed by atoms with Gasteiger partial charge in [-0.2, -0.15) is 0 Å². The summed E-state index contributed by atoms with van der Waals surface area (Å²) in [5, 5.41) is 5.48. The average molecular weight is 642 g/mol. The van der Waals surface area contributed by atoms with Crippen LogP contribution in [0.4, 0.5) is 10.5 Å². The van der Waals surface area contributed by atoms with Gasteiger partial charge in [0.25, 0.3) is 0 Å². The van der Waals surface area contributed by atoms with E-state index < -0.39 is 29.6 Å². The van der Waals surface area contributed by atoms with E-state index in [0.717, 1.165) is 22.3 Å². The van der Waals surface area contributed by atoms with Crippen molar-refractivity contribution in [3.63, 3.8) is 0 Å². The summed E-state index contributed by atoms with van der Waals surface area (Å²) in [6.07, 6.45) is -0.717. The smallest absolute Gasteiger partial charge is 0.407 e. The topological polar surface area (TPSA) is 103 Å². The van der Waals surface area contributed by atoms with E-state index in [4.69, 9.17) is 14.2 Å². The van der Waals surface area contributed by atoms with Gasteiger partial charge in [0.1, 0.15) is 12.6 Å². The highest BCUT2D eigenvalue weighted by atomic mass is 127. The van der Waals surface area contributed by atoms with Crippen LogP contribution in [0.5, 0.6) is 0 Å². The summed E-state index contributed by atoms with van der Waals surface area (Å²) < 4.78 is 16.9. The lowest BCUT2D eigenvalue weighted by Crippen LogP contribution is -2.48. The number of alkyl carbamates (subject to hydrolysis) is 1. The van der Waals surface area contributed by atoms with E-state index in [2.05, 4.69) is 22.8 Å². The van der Waals surface area contributed by atoms with Gasteiger partial charge in [-0.15, -0.1) is 0 Å². The summed E-state index contributed by atoms with van der Waals surface area (Å²) in [4.78, 5) is 37.9. The number of carbonyl (C=O) groups is 3. The number of benzene rings is 3. The molecular formula is C30H31IN2O6. The molecule has 0 saturated carbocycles. The second kappa shape index (κ2) is 12.2. The molecule has 0 aliphatic heterocycles. The maximum atomic E-state index is 13.2. The van der Waals surface area contributed by atoms with Gasteiger partial charge in [0, 0.05) is 9.49 Å². The number of anilines is 1. The molecule has 1 aliphatic carbocycles. The van der Waals surface area contributed by atoms with Crippen LogP contribution in [0.25, 0.3) is 11.1 Å². The predicted molar refractivity (Wildman–Crippen MR) is 157 cm³/mol. The number of fused-ring (bicyclic) bond motifs is 3. The Kier molecular flexibility index (Phi) is 8.91. The average Bonchev–Trinajstić information content (AvgIpc) is 3.23. The molecule has 1 aliphatic rings. The first-order valence-corrected chi connectivity index (χ1v) is 13.6. The van der Waals surface area contributed by atoms with Gasteiger partial charge in [0.2, 0.25) is 5.91 Å². The molecule has 2 N–H and O–H groups in total. The van der Waals surface area contributed by atoms with E-state index in [1.807, 2.05) is 79.8 Å². The van der Waals surface area contributed by atoms with Crippen molar-refractivity contribution < 1.29 is 28.6 Å². The Bertz CT molecular complexity index is 1340. The highest BCUT2D eigenvalue weighted by Crippen LogP contribution is 2.44. The Labute approximate surface area is 241 Å². The normalized spacial score (nSPS) is 13.2. The second-order valence-electron chi connectivity index (χ2n) is 10.1. The van der Waals surface area contributed by atoms with Crippen LogP contribution in [-0.4, -0.2) is 49.9 Å². The number of esters is 1. The van der Waals surface area contributed by atoms with Gasteiger partial charge in [0.15, 0.2) is 0 Å². The number of amides is 2. The zero-order valence-corrected chi connectivity index (χ0v) is 24.4. The fraction of sp³-hybridized carbons (Fsp3) is 0.300. The van der Waals surface area contributed by atoms with Gasteiger partial charge in [-0.25, -0.2) is 9.59 Å². The Balaban J connectivity index is 1.45. The number of hydrogen-bond acceptors (Lipinski definition) is 6. The number of rotatable bonds is 8. The van der Waals surface area contributed by atoms with E-state index in [0.29, 0.717) is 14.8 Å². The Morgan fingerprint density at radius 2 is 1.56 bits per heavy atom. The molecule has 0 spiro atoms. The van der Waals surface area contributed by atoms with Gasteiger partial charge < -0.3 is 24.8 Å². The molecule has 1 atom stereocenters. The highest BCUT2D eigenvalue weighted by molar-refractivity contribution is 14.1. The minimum atomic E-state index is -1.02. The Morgan fingerprint density at radius 3 is 2.13 bits per heavy atom. The number of ether oxygens (including phenoxy) is 3. The number of methoxy groups -OCH3 is 1. The molecule has 3 aromatic rings. The number of nitrogens with one attached hydrogen (secondary N) is 2. The van der Waals surface area contributed by atoms with E-state index in [1.165, 1.54) is 7.11 Å². The van der Waals surface area contributed by atoms with Crippen LogP contribution in [0, 0.1) is 3.57 Å². The summed E-state index contributed by atoms with van der Waals surface area (Å²) in [6, 6.07) is 19.9. The van der Waals surface area contributed by atoms with E-state index in [9.17, 15) is 14.4 Å². The Morgan fingerprint density at radius 1 is 0.949 bits per heavy atom. The van der Waals surface area contributed by atoms with Crippen molar-refractivity contribution in [1.82, 2.24) is 5.32 Å². The van der Waals surface area contributed by atoms with Crippen molar-refractivity contribution in [2.75, 3.05) is 25.6 Å². The van der Waals surface area contributed by atoms with E-state index in [1.54, 1.807) is 18.2 Å². The number of halogens is 1. The number of carbonyl (C=O) groups excluding carboxylic acids is 3. The summed E-state index contributed by atoms with van der Waals surface area (Å²) in [7, 11) is 1.31. The second-order valence-corrected chi connectivity index (χ2v) is 11.3. The zero-order valence-electron chi connectivity index (χ0n) is 22.2. The molecule has 39 heavy (non-hydrogen) atoms. The van der Waals surface area contributed by atoms with Crippen LogP contribution in [0.15, 0.2) is 66.7 Å². The van der Waals surface area contributed by atoms with Crippen LogP contribution < -0.4 is 10.6 Å². The van der Waals surface area contributed by atoms with Crippen LogP contribution >= 0.6 is 22.6 Å². The molecular weight excluding hydrogens is 611 g/mol. The quantitative estimate of drug-likeness (QED) is 0.240. The third-order valence-corrected chi connectivity index (χ3v) is 7.18. The van der Waals surface area contributed by atoms with Crippen molar-refractivity contribution in [1.29, 1.82) is 0 Å². The SMILES string of the molecule is COC(=O)c1ccc(NC(=O)[C@H](COC(C)(C)C)NC(=O)OCC2c3ccccc3-c3ccccc32)c(I)c1. The third-order valence-electron chi connectivity index (χ3n) is 6.28. The molecule has 8 nitrogen and oxygen atoms in total. The van der Waals surface area contributed by atoms with Crippen LogP contribution in [0.1, 0.15) is 48.2 Å². The van der Waals surface area contributed by atoms with Gasteiger partial charge in [-0.05, 0) is 83.8 Å². The standard InChI is InChI=1S/C30H31IN2O6/c1-30(2,3)39-17-26(27(34)32-25-14-13-18(15-24(25)31)28(35)37-4)33-29(36)38-16-23-21-11-7-5-9-19(21)20-10-6-8-12-22(20)23/h5-15,23,26H,16-17H2,1-4H3,(H,32,34)(H,33,36)/t26-/m0/s1. The van der Waals surface area contributed by atoms with E-state index >= 15 is 0 Å². The maximum absolute atomic E-state index is 13.2. The van der Waals surface area contributed by atoms with Crippen molar-refractivity contribution in [2.45, 2.75) is 38.3 Å². The molecule has 204 valence electrons. The highest BCUT2D eigenvalue weighted by Gasteiger charge is 2.30. The van der Waals surface area contributed by atoms with E-state index in [-0.39, 0.29) is 19.1 Å². The molecule has 4 rings (SSSR count). The summed E-state index contributed by atoms with van der Waals surface area (Å²) in [6.45, 7) is 5.66. The van der Waals surface area contributed by atoms with Gasteiger partial charge in [-0.1, -0.05) is 48.5 Å². The van der Waals surface area contributed by atoms with Crippen molar-refractivity contribution in [2.24, 2.45) is 0 Å². The van der Waals surface area contributed by atoms with Crippen molar-refractivity contribution in [3.05, 3.63) is 87.0 Å². The summed E-state index contributed by atoms with van der Waals surface area (Å²) in [5.41, 5.74) is 4.78. The maximum Gasteiger partial charge on any atom is 0.407 e. The number of hydrogen-bond donors (Lipinski definition) is 2. The third kappa shape index (κ3) is 6.96. The van der Waals surface area contributed by atoms with Crippen molar-refractivity contribution >= 4 is 46.2 Å². The molecule has 2 amide bonds. The lowest BCUT2D eigenvalue weighted by atomic mass is 9.98. The predicted octanol–water partition coefficient (Wildman–Crippen LogP) is 5.74. The van der Waals surface area contributed by atoms with Gasteiger partial charge >= 0.3 is 12.1 Å². The van der Waals surface area contributed by atoms with Gasteiger partial charge in [0.05, 0.1) is 30.6 Å². The van der Waals surface area contributed by atoms with Crippen LogP contribution in [-0.2, 0) is 19.0 Å². The monoisotopic (exact) mass is 642 g/mol. The first kappa shape index (κ1) is 28.6. The molecule has 0 saturated heterocycles. The minimum Gasteiger partial charge on any atom is -0.465 e. The van der Waals surface area contributed by atoms with Gasteiger partial charge in [-0.3, -0.25) is 4.79 Å². The molecule has 0 aromatic heterocycles. The minimum absolute atomic E-state index is 0.0592. The largest absolute Gasteiger partial charge is 0.465 e. The first-order chi connectivity index (χ1) is 18.6. The molecule has 3 aromatic carbocycles. The molecule has 0 radical (unpaired) electrons. The molecule has 0 bridgehead atoms. The summed E-state index contributed by atoms with van der Waals surface area (Å²) in [5.74, 6) is -1.05. The molecule has 0 unspecified atom stereocenters. The lowest BCUT2D eigenvalue weighted by Gasteiger charge is -2.25. The van der Waals surface area contributed by atoms with Crippen molar-refractivity contribution in [3.8, 4) is 11.1 Å². The fourth-order valence-corrected chi connectivity index (χ4v) is 5.03. The van der Waals surface area contributed by atoms with Crippen LogP contribution in [0.3, 0.4) is 0 Å². The fourth-order valence-electron chi connectivity index (χ4n) is 4.38. The summed E-state index contributed by atoms with van der Waals surface area (Å²) >= 11 is 2.02. The molecule has 9 heteroatoms.